The van der Waals surface area contributed by atoms with Gasteiger partial charge in [-0.2, -0.15) is 0 Å². The average Bonchev–Trinajstić information content (AvgIpc) is 2.52. The van der Waals surface area contributed by atoms with Crippen molar-refractivity contribution in [3.63, 3.8) is 0 Å². The molecule has 0 unspecified atom stereocenters. The predicted molar refractivity (Wildman–Crippen MR) is 46.5 cm³/mol. The summed E-state index contributed by atoms with van der Waals surface area (Å²) in [6.45, 7) is 1.96. The number of carbonyl (C=O) groups excluding carboxylic acids is 1. The first-order chi connectivity index (χ1) is 5.33. The van der Waals surface area contributed by atoms with Crippen LogP contribution in [0.4, 0.5) is 0 Å². The van der Waals surface area contributed by atoms with Crippen LogP contribution in [0.2, 0.25) is 0 Å². The van der Waals surface area contributed by atoms with E-state index >= 15 is 0 Å². The summed E-state index contributed by atoms with van der Waals surface area (Å²) >= 11 is 0. The van der Waals surface area contributed by atoms with E-state index in [0.29, 0.717) is 5.78 Å². The first-order valence-corrected chi connectivity index (χ1v) is 4.84. The summed E-state index contributed by atoms with van der Waals surface area (Å²) in [7, 11) is 0. The lowest BCUT2D eigenvalue weighted by Crippen LogP contribution is -2.00. The topological polar surface area (TPSA) is 17.1 Å². The van der Waals surface area contributed by atoms with E-state index in [0.717, 1.165) is 25.2 Å². The van der Waals surface area contributed by atoms with Gasteiger partial charge in [-0.25, -0.2) is 0 Å². The van der Waals surface area contributed by atoms with Gasteiger partial charge in [-0.05, 0) is 12.3 Å². The Morgan fingerprint density at radius 1 is 1.36 bits per heavy atom. The van der Waals surface area contributed by atoms with E-state index in [9.17, 15) is 4.79 Å². The Kier molecular flexibility index (Phi) is 3.61. The van der Waals surface area contributed by atoms with Crippen LogP contribution in [0.3, 0.4) is 0 Å². The Hall–Kier alpha value is -0.330. The predicted octanol–water partition coefficient (Wildman–Crippen LogP) is 2.94. The molecular formula is C10H18O. The Bertz CT molecular complexity index is 123. The SMILES string of the molecule is CCC(=O)CCC1CCCC1. The van der Waals surface area contributed by atoms with E-state index in [2.05, 4.69) is 0 Å². The molecule has 1 aliphatic carbocycles. The van der Waals surface area contributed by atoms with Gasteiger partial charge in [0.2, 0.25) is 0 Å². The van der Waals surface area contributed by atoms with Gasteiger partial charge in [0.1, 0.15) is 5.78 Å². The molecule has 0 heterocycles. The zero-order chi connectivity index (χ0) is 8.10. The highest BCUT2D eigenvalue weighted by Gasteiger charge is 2.15. The van der Waals surface area contributed by atoms with Crippen molar-refractivity contribution in [3.8, 4) is 0 Å². The molecule has 1 saturated carbocycles. The van der Waals surface area contributed by atoms with Crippen LogP contribution in [0.15, 0.2) is 0 Å². The molecule has 0 spiro atoms. The molecular weight excluding hydrogens is 136 g/mol. The van der Waals surface area contributed by atoms with Crippen LogP contribution in [0, 0.1) is 5.92 Å². The minimum Gasteiger partial charge on any atom is -0.300 e. The molecule has 0 aliphatic heterocycles. The summed E-state index contributed by atoms with van der Waals surface area (Å²) in [4.78, 5) is 11.0. The van der Waals surface area contributed by atoms with Crippen molar-refractivity contribution in [2.45, 2.75) is 51.9 Å². The molecule has 11 heavy (non-hydrogen) atoms. The third kappa shape index (κ3) is 3.04. The smallest absolute Gasteiger partial charge is 0.132 e. The molecule has 1 rings (SSSR count). The first-order valence-electron chi connectivity index (χ1n) is 4.84. The van der Waals surface area contributed by atoms with Crippen molar-refractivity contribution >= 4 is 5.78 Å². The quantitative estimate of drug-likeness (QED) is 0.608. The monoisotopic (exact) mass is 154 g/mol. The van der Waals surface area contributed by atoms with Crippen LogP contribution >= 0.6 is 0 Å². The van der Waals surface area contributed by atoms with E-state index in [4.69, 9.17) is 0 Å². The van der Waals surface area contributed by atoms with Crippen LogP contribution in [0.25, 0.3) is 0 Å². The molecule has 64 valence electrons. The second kappa shape index (κ2) is 4.53. The molecule has 0 N–H and O–H groups in total. The molecule has 0 saturated heterocycles. The van der Waals surface area contributed by atoms with Gasteiger partial charge in [-0.15, -0.1) is 0 Å². The third-order valence-corrected chi connectivity index (χ3v) is 2.70. The van der Waals surface area contributed by atoms with Crippen molar-refractivity contribution in [2.24, 2.45) is 5.92 Å². The molecule has 0 aromatic heterocycles. The first kappa shape index (κ1) is 8.76. The standard InChI is InChI=1S/C10H18O/c1-2-10(11)8-7-9-5-3-4-6-9/h9H,2-8H2,1H3. The van der Waals surface area contributed by atoms with Crippen LogP contribution < -0.4 is 0 Å². The molecule has 1 nitrogen and oxygen atoms in total. The van der Waals surface area contributed by atoms with E-state index in [-0.39, 0.29) is 0 Å². The summed E-state index contributed by atoms with van der Waals surface area (Å²) in [6.07, 6.45) is 8.25. The molecule has 0 atom stereocenters. The lowest BCUT2D eigenvalue weighted by atomic mass is 10.00. The molecule has 0 amide bonds. The summed E-state index contributed by atoms with van der Waals surface area (Å²) < 4.78 is 0. The maximum absolute atomic E-state index is 11.0. The van der Waals surface area contributed by atoms with E-state index < -0.39 is 0 Å². The Morgan fingerprint density at radius 2 is 2.00 bits per heavy atom. The zero-order valence-corrected chi connectivity index (χ0v) is 7.44. The molecule has 0 bridgehead atoms. The molecule has 1 aliphatic rings. The van der Waals surface area contributed by atoms with Crippen LogP contribution in [0.1, 0.15) is 51.9 Å². The van der Waals surface area contributed by atoms with Crippen molar-refractivity contribution < 1.29 is 4.79 Å². The Balaban J connectivity index is 2.06. The van der Waals surface area contributed by atoms with Gasteiger partial charge in [-0.3, -0.25) is 4.79 Å². The van der Waals surface area contributed by atoms with Gasteiger partial charge >= 0.3 is 0 Å². The highest BCUT2D eigenvalue weighted by Crippen LogP contribution is 2.28. The van der Waals surface area contributed by atoms with E-state index in [1.165, 1.54) is 25.7 Å². The number of Topliss-reactive ketones (excluding diaryl/α,β-unsaturated/α-hetero) is 1. The van der Waals surface area contributed by atoms with Gasteiger partial charge in [0, 0.05) is 12.8 Å². The highest BCUT2D eigenvalue weighted by atomic mass is 16.1. The molecule has 0 aromatic carbocycles. The molecule has 1 fully saturated rings. The van der Waals surface area contributed by atoms with Crippen molar-refractivity contribution in [2.75, 3.05) is 0 Å². The van der Waals surface area contributed by atoms with E-state index in [1.807, 2.05) is 6.92 Å². The van der Waals surface area contributed by atoms with Crippen molar-refractivity contribution in [1.29, 1.82) is 0 Å². The lowest BCUT2D eigenvalue weighted by molar-refractivity contribution is -0.119. The Morgan fingerprint density at radius 3 is 2.55 bits per heavy atom. The number of ketones is 1. The minimum absolute atomic E-state index is 0.442. The summed E-state index contributed by atoms with van der Waals surface area (Å²) in [5, 5.41) is 0. The number of hydrogen-bond acceptors (Lipinski definition) is 1. The highest BCUT2D eigenvalue weighted by molar-refractivity contribution is 5.77. The van der Waals surface area contributed by atoms with Crippen LogP contribution in [-0.4, -0.2) is 5.78 Å². The number of rotatable bonds is 4. The van der Waals surface area contributed by atoms with Crippen LogP contribution in [-0.2, 0) is 4.79 Å². The van der Waals surface area contributed by atoms with Crippen molar-refractivity contribution in [1.82, 2.24) is 0 Å². The normalized spacial score (nSPS) is 19.0. The molecule has 1 heteroatoms. The van der Waals surface area contributed by atoms with Gasteiger partial charge in [-0.1, -0.05) is 32.6 Å². The summed E-state index contributed by atoms with van der Waals surface area (Å²) in [6, 6.07) is 0. The largest absolute Gasteiger partial charge is 0.300 e. The lowest BCUT2D eigenvalue weighted by Gasteiger charge is -2.05. The fraction of sp³-hybridized carbons (Fsp3) is 0.900. The number of hydrogen-bond donors (Lipinski definition) is 0. The van der Waals surface area contributed by atoms with Crippen molar-refractivity contribution in [3.05, 3.63) is 0 Å². The Labute approximate surface area is 69.2 Å². The molecule has 0 radical (unpaired) electrons. The molecule has 0 aromatic rings. The van der Waals surface area contributed by atoms with Gasteiger partial charge in [0.15, 0.2) is 0 Å². The van der Waals surface area contributed by atoms with Gasteiger partial charge < -0.3 is 0 Å². The number of carbonyl (C=O) groups is 1. The zero-order valence-electron chi connectivity index (χ0n) is 7.44. The second-order valence-corrected chi connectivity index (χ2v) is 3.58. The van der Waals surface area contributed by atoms with Crippen LogP contribution in [0.5, 0.6) is 0 Å². The fourth-order valence-electron chi connectivity index (χ4n) is 1.84. The maximum Gasteiger partial charge on any atom is 0.132 e. The third-order valence-electron chi connectivity index (χ3n) is 2.70. The van der Waals surface area contributed by atoms with Gasteiger partial charge in [0.05, 0.1) is 0 Å². The minimum atomic E-state index is 0.442. The fourth-order valence-corrected chi connectivity index (χ4v) is 1.84. The average molecular weight is 154 g/mol. The van der Waals surface area contributed by atoms with E-state index in [1.54, 1.807) is 0 Å². The summed E-state index contributed by atoms with van der Waals surface area (Å²) in [5.41, 5.74) is 0. The summed E-state index contributed by atoms with van der Waals surface area (Å²) in [5.74, 6) is 1.32. The maximum atomic E-state index is 11.0. The van der Waals surface area contributed by atoms with Gasteiger partial charge in [0.25, 0.3) is 0 Å². The second-order valence-electron chi connectivity index (χ2n) is 3.58.